The molecule has 8 heteroatoms. The number of carbonyl (C=O) groups excluding carboxylic acids is 2. The van der Waals surface area contributed by atoms with Crippen LogP contribution in [0.5, 0.6) is 5.75 Å². The van der Waals surface area contributed by atoms with Crippen LogP contribution in [0.3, 0.4) is 0 Å². The summed E-state index contributed by atoms with van der Waals surface area (Å²) in [6.07, 6.45) is 1.51. The van der Waals surface area contributed by atoms with Crippen LogP contribution < -0.4 is 15.0 Å². The van der Waals surface area contributed by atoms with E-state index in [9.17, 15) is 9.59 Å². The molecule has 132 valence electrons. The van der Waals surface area contributed by atoms with Crippen molar-refractivity contribution in [3.05, 3.63) is 63.1 Å². The third-order valence-electron chi connectivity index (χ3n) is 3.67. The maximum atomic E-state index is 12.9. The molecule has 1 fully saturated rings. The maximum Gasteiger partial charge on any atom is 0.270 e. The summed E-state index contributed by atoms with van der Waals surface area (Å²) < 4.78 is 5.89. The van der Waals surface area contributed by atoms with Crippen LogP contribution in [0.25, 0.3) is 6.08 Å². The van der Waals surface area contributed by atoms with Crippen molar-refractivity contribution in [1.82, 2.24) is 5.32 Å². The summed E-state index contributed by atoms with van der Waals surface area (Å²) in [6, 6.07) is 11.9. The lowest BCUT2D eigenvalue weighted by Crippen LogP contribution is -2.54. The number of benzene rings is 2. The number of nitrogens with zero attached hydrogens (tertiary/aromatic N) is 1. The highest BCUT2D eigenvalue weighted by molar-refractivity contribution is 9.10. The van der Waals surface area contributed by atoms with Gasteiger partial charge in [-0.3, -0.25) is 19.8 Å². The van der Waals surface area contributed by atoms with Crippen LogP contribution >= 0.6 is 39.7 Å². The molecule has 0 unspecified atom stereocenters. The number of rotatable bonds is 3. The zero-order valence-corrected chi connectivity index (χ0v) is 16.6. The lowest BCUT2D eigenvalue weighted by molar-refractivity contribution is -0.122. The number of nitrogens with one attached hydrogen (secondary N) is 1. The van der Waals surface area contributed by atoms with Crippen LogP contribution in [0.15, 0.2) is 52.5 Å². The van der Waals surface area contributed by atoms with Crippen molar-refractivity contribution >= 4 is 68.4 Å². The molecule has 1 heterocycles. The quantitative estimate of drug-likeness (QED) is 0.436. The molecule has 0 aromatic heterocycles. The highest BCUT2D eigenvalue weighted by Crippen LogP contribution is 2.28. The number of carbonyl (C=O) groups is 2. The number of amides is 2. The molecule has 1 N–H and O–H groups in total. The Hall–Kier alpha value is -2.22. The topological polar surface area (TPSA) is 58.6 Å². The van der Waals surface area contributed by atoms with Crippen molar-refractivity contribution in [2.75, 3.05) is 12.0 Å². The normalized spacial score (nSPS) is 16.0. The van der Waals surface area contributed by atoms with Crippen LogP contribution in [-0.4, -0.2) is 24.0 Å². The molecule has 1 saturated heterocycles. The van der Waals surface area contributed by atoms with Crippen molar-refractivity contribution in [3.8, 4) is 5.75 Å². The molecule has 5 nitrogen and oxygen atoms in total. The van der Waals surface area contributed by atoms with Gasteiger partial charge in [-0.2, -0.15) is 0 Å². The fourth-order valence-corrected chi connectivity index (χ4v) is 3.39. The minimum absolute atomic E-state index is 0.0226. The number of halogens is 2. The smallest absolute Gasteiger partial charge is 0.270 e. The van der Waals surface area contributed by atoms with Gasteiger partial charge in [-0.05, 0) is 76.2 Å². The van der Waals surface area contributed by atoms with Gasteiger partial charge in [0.1, 0.15) is 11.3 Å². The average Bonchev–Trinajstić information content (AvgIpc) is 2.60. The van der Waals surface area contributed by atoms with Gasteiger partial charge in [0.05, 0.1) is 17.3 Å². The molecule has 3 rings (SSSR count). The molecule has 0 bridgehead atoms. The van der Waals surface area contributed by atoms with Crippen molar-refractivity contribution in [1.29, 1.82) is 0 Å². The second kappa shape index (κ2) is 7.57. The second-order valence-corrected chi connectivity index (χ2v) is 7.01. The predicted octanol–water partition coefficient (Wildman–Crippen LogP) is 3.94. The Kier molecular flexibility index (Phi) is 5.41. The highest BCUT2D eigenvalue weighted by atomic mass is 79.9. The summed E-state index contributed by atoms with van der Waals surface area (Å²) in [6.45, 7) is 0. The summed E-state index contributed by atoms with van der Waals surface area (Å²) >= 11 is 14.4. The molecule has 0 atom stereocenters. The van der Waals surface area contributed by atoms with E-state index in [1.807, 2.05) is 0 Å². The van der Waals surface area contributed by atoms with Gasteiger partial charge in [0.15, 0.2) is 5.11 Å². The lowest BCUT2D eigenvalue weighted by Gasteiger charge is -2.29. The summed E-state index contributed by atoms with van der Waals surface area (Å²) in [7, 11) is 1.56. The van der Waals surface area contributed by atoms with Gasteiger partial charge in [-0.1, -0.05) is 17.7 Å². The van der Waals surface area contributed by atoms with Gasteiger partial charge in [0.2, 0.25) is 0 Å². The third-order valence-corrected chi connectivity index (χ3v) is 4.83. The minimum atomic E-state index is -0.544. The summed E-state index contributed by atoms with van der Waals surface area (Å²) in [5.41, 5.74) is 1.16. The van der Waals surface area contributed by atoms with E-state index in [4.69, 9.17) is 28.6 Å². The van der Waals surface area contributed by atoms with Gasteiger partial charge in [0, 0.05) is 5.02 Å². The van der Waals surface area contributed by atoms with Crippen molar-refractivity contribution in [2.45, 2.75) is 0 Å². The first-order valence-corrected chi connectivity index (χ1v) is 8.99. The standard InChI is InChI=1S/C18H12BrClN2O3S/c1-25-15-7-2-10(9-14(15)19)8-13-16(23)21-18(26)22(17(13)24)12-5-3-11(20)4-6-12/h2-9H,1H3,(H,21,23,26)/b13-8-. The van der Waals surface area contributed by atoms with Crippen LogP contribution in [0.4, 0.5) is 5.69 Å². The Bertz CT molecular complexity index is 944. The summed E-state index contributed by atoms with van der Waals surface area (Å²) in [5.74, 6) is -0.402. The largest absolute Gasteiger partial charge is 0.496 e. The van der Waals surface area contributed by atoms with Crippen LogP contribution in [0.2, 0.25) is 5.02 Å². The fourth-order valence-electron chi connectivity index (χ4n) is 2.42. The molecule has 2 aromatic rings. The highest BCUT2D eigenvalue weighted by Gasteiger charge is 2.34. The zero-order valence-electron chi connectivity index (χ0n) is 13.5. The number of anilines is 1. The van der Waals surface area contributed by atoms with E-state index in [1.54, 1.807) is 49.6 Å². The monoisotopic (exact) mass is 450 g/mol. The molecule has 1 aliphatic rings. The first-order chi connectivity index (χ1) is 12.4. The Balaban J connectivity index is 1.99. The first-order valence-electron chi connectivity index (χ1n) is 7.41. The van der Waals surface area contributed by atoms with E-state index in [2.05, 4.69) is 21.2 Å². The van der Waals surface area contributed by atoms with Crippen molar-refractivity contribution < 1.29 is 14.3 Å². The average molecular weight is 452 g/mol. The Labute approximate surface area is 168 Å². The van der Waals surface area contributed by atoms with Gasteiger partial charge in [-0.15, -0.1) is 0 Å². The van der Waals surface area contributed by atoms with Gasteiger partial charge >= 0.3 is 0 Å². The van der Waals surface area contributed by atoms with Gasteiger partial charge < -0.3 is 4.74 Å². The minimum Gasteiger partial charge on any atom is -0.496 e. The number of hydrogen-bond acceptors (Lipinski definition) is 4. The molecule has 1 aliphatic heterocycles. The third kappa shape index (κ3) is 3.65. The zero-order chi connectivity index (χ0) is 18.8. The summed E-state index contributed by atoms with van der Waals surface area (Å²) in [4.78, 5) is 26.4. The van der Waals surface area contributed by atoms with E-state index in [-0.39, 0.29) is 10.7 Å². The van der Waals surface area contributed by atoms with Crippen LogP contribution in [-0.2, 0) is 9.59 Å². The number of ether oxygens (including phenoxy) is 1. The van der Waals surface area contributed by atoms with Crippen molar-refractivity contribution in [2.24, 2.45) is 0 Å². The Morgan fingerprint density at radius 2 is 1.88 bits per heavy atom. The fraction of sp³-hybridized carbons (Fsp3) is 0.0556. The number of hydrogen-bond donors (Lipinski definition) is 1. The van der Waals surface area contributed by atoms with Gasteiger partial charge in [0.25, 0.3) is 11.8 Å². The van der Waals surface area contributed by atoms with Crippen molar-refractivity contribution in [3.63, 3.8) is 0 Å². The summed E-state index contributed by atoms with van der Waals surface area (Å²) in [5, 5.41) is 3.10. The predicted molar refractivity (Wildman–Crippen MR) is 108 cm³/mol. The van der Waals surface area contributed by atoms with E-state index in [1.165, 1.54) is 11.0 Å². The molecule has 0 saturated carbocycles. The Morgan fingerprint density at radius 3 is 2.50 bits per heavy atom. The molecule has 2 aromatic carbocycles. The molecular weight excluding hydrogens is 440 g/mol. The molecule has 2 amide bonds. The second-order valence-electron chi connectivity index (χ2n) is 5.33. The molecule has 0 spiro atoms. The first kappa shape index (κ1) is 18.6. The van der Waals surface area contributed by atoms with E-state index >= 15 is 0 Å². The number of thiocarbonyl (C=S) groups is 1. The van der Waals surface area contributed by atoms with E-state index in [0.717, 1.165) is 0 Å². The molecular formula is C18H12BrClN2O3S. The molecule has 26 heavy (non-hydrogen) atoms. The van der Waals surface area contributed by atoms with E-state index in [0.29, 0.717) is 26.5 Å². The number of methoxy groups -OCH3 is 1. The SMILES string of the molecule is COc1ccc(/C=C2/C(=O)NC(=S)N(c3ccc(Cl)cc3)C2=O)cc1Br. The maximum absolute atomic E-state index is 12.9. The van der Waals surface area contributed by atoms with Crippen LogP contribution in [0.1, 0.15) is 5.56 Å². The Morgan fingerprint density at radius 1 is 1.19 bits per heavy atom. The molecule has 0 aliphatic carbocycles. The van der Waals surface area contributed by atoms with E-state index < -0.39 is 11.8 Å². The lowest BCUT2D eigenvalue weighted by atomic mass is 10.1. The van der Waals surface area contributed by atoms with Crippen LogP contribution in [0, 0.1) is 0 Å². The molecule has 0 radical (unpaired) electrons. The van der Waals surface area contributed by atoms with Gasteiger partial charge in [-0.25, -0.2) is 0 Å².